The Kier molecular flexibility index (Phi) is 2.88. The summed E-state index contributed by atoms with van der Waals surface area (Å²) in [6.45, 7) is 3.94. The first-order valence-electron chi connectivity index (χ1n) is 7.80. The lowest BCUT2D eigenvalue weighted by Crippen LogP contribution is -2.45. The summed E-state index contributed by atoms with van der Waals surface area (Å²) in [7, 11) is 2.08. The fourth-order valence-corrected chi connectivity index (χ4v) is 4.31. The topological polar surface area (TPSA) is 33.1 Å². The molecule has 1 aliphatic carbocycles. The quantitative estimate of drug-likeness (QED) is 0.874. The summed E-state index contributed by atoms with van der Waals surface area (Å²) in [5.41, 5.74) is 2.92. The van der Waals surface area contributed by atoms with Crippen molar-refractivity contribution in [3.63, 3.8) is 0 Å². The van der Waals surface area contributed by atoms with Crippen molar-refractivity contribution in [3.8, 4) is 0 Å². The molecule has 2 aliphatic heterocycles. The molecule has 4 heteroatoms. The second-order valence-electron chi connectivity index (χ2n) is 6.53. The lowest BCUT2D eigenvalue weighted by molar-refractivity contribution is 0.205. The van der Waals surface area contributed by atoms with E-state index in [-0.39, 0.29) is 0 Å². The molecule has 104 valence electrons. The van der Waals surface area contributed by atoms with Crippen LogP contribution in [0.5, 0.6) is 0 Å². The van der Waals surface area contributed by atoms with E-state index in [1.54, 1.807) is 0 Å². The third-order valence-electron chi connectivity index (χ3n) is 5.43. The highest BCUT2D eigenvalue weighted by atomic mass is 15.3. The van der Waals surface area contributed by atoms with E-state index in [0.29, 0.717) is 6.04 Å². The molecule has 19 heavy (non-hydrogen) atoms. The summed E-state index contributed by atoms with van der Waals surface area (Å²) in [6.07, 6.45) is 8.60. The molecule has 4 atom stereocenters. The van der Waals surface area contributed by atoms with Gasteiger partial charge in [-0.3, -0.25) is 4.68 Å². The minimum atomic E-state index is 0.551. The van der Waals surface area contributed by atoms with E-state index >= 15 is 0 Å². The largest absolute Gasteiger partial charge is 0.307 e. The Bertz CT molecular complexity index is 467. The Hall–Kier alpha value is -0.870. The van der Waals surface area contributed by atoms with Gasteiger partial charge in [-0.05, 0) is 51.1 Å². The summed E-state index contributed by atoms with van der Waals surface area (Å²) in [5.74, 6) is 0.885. The molecule has 1 aromatic rings. The lowest BCUT2D eigenvalue weighted by atomic mass is 9.88. The van der Waals surface area contributed by atoms with Gasteiger partial charge in [-0.2, -0.15) is 5.10 Å². The third-order valence-corrected chi connectivity index (χ3v) is 5.43. The average Bonchev–Trinajstić information content (AvgIpc) is 2.99. The number of hydrogen-bond acceptors (Lipinski definition) is 3. The molecule has 3 heterocycles. The predicted octanol–water partition coefficient (Wildman–Crippen LogP) is 1.48. The van der Waals surface area contributed by atoms with E-state index in [2.05, 4.69) is 33.2 Å². The van der Waals surface area contributed by atoms with E-state index in [4.69, 9.17) is 0 Å². The van der Waals surface area contributed by atoms with Gasteiger partial charge < -0.3 is 10.2 Å². The van der Waals surface area contributed by atoms with Gasteiger partial charge in [0.25, 0.3) is 0 Å². The number of fused-ring (bicyclic) bond motifs is 3. The van der Waals surface area contributed by atoms with Crippen molar-refractivity contribution in [2.24, 2.45) is 13.0 Å². The van der Waals surface area contributed by atoms with Gasteiger partial charge in [-0.15, -0.1) is 0 Å². The van der Waals surface area contributed by atoms with Crippen molar-refractivity contribution in [1.82, 2.24) is 20.0 Å². The van der Waals surface area contributed by atoms with Crippen molar-refractivity contribution in [1.29, 1.82) is 0 Å². The molecule has 2 saturated heterocycles. The standard InChI is InChI=1S/C15H24N4/c1-18-15-4-2-3-14(12(15)9-16-18)17-13-6-8-19-7-5-11(13)10-19/h9,11,13-14,17H,2-8,10H2,1H3. The van der Waals surface area contributed by atoms with Crippen molar-refractivity contribution in [2.75, 3.05) is 19.6 Å². The van der Waals surface area contributed by atoms with Gasteiger partial charge in [-0.1, -0.05) is 0 Å². The van der Waals surface area contributed by atoms with Gasteiger partial charge in [0.15, 0.2) is 0 Å². The van der Waals surface area contributed by atoms with Crippen LogP contribution in [0.3, 0.4) is 0 Å². The van der Waals surface area contributed by atoms with Gasteiger partial charge in [0.1, 0.15) is 0 Å². The Morgan fingerprint density at radius 1 is 1.26 bits per heavy atom. The molecular formula is C15H24N4. The van der Waals surface area contributed by atoms with Crippen LogP contribution in [0.1, 0.15) is 43.0 Å². The van der Waals surface area contributed by atoms with E-state index in [1.165, 1.54) is 63.0 Å². The number of nitrogens with one attached hydrogen (secondary N) is 1. The molecule has 2 fully saturated rings. The Balaban J connectivity index is 1.51. The second kappa shape index (κ2) is 4.60. The Morgan fingerprint density at radius 3 is 3.11 bits per heavy atom. The molecule has 3 aliphatic rings. The zero-order valence-electron chi connectivity index (χ0n) is 11.8. The summed E-state index contributed by atoms with van der Waals surface area (Å²) < 4.78 is 2.07. The van der Waals surface area contributed by atoms with Crippen LogP contribution in [-0.4, -0.2) is 40.4 Å². The summed E-state index contributed by atoms with van der Waals surface area (Å²) in [5, 5.41) is 8.43. The van der Waals surface area contributed by atoms with Gasteiger partial charge in [0.2, 0.25) is 0 Å². The van der Waals surface area contributed by atoms with Gasteiger partial charge in [0, 0.05) is 36.9 Å². The molecule has 4 nitrogen and oxygen atoms in total. The maximum Gasteiger partial charge on any atom is 0.0540 e. The normalized spacial score (nSPS) is 37.3. The van der Waals surface area contributed by atoms with Crippen LogP contribution in [0, 0.1) is 5.92 Å². The molecule has 0 saturated carbocycles. The molecular weight excluding hydrogens is 236 g/mol. The fraction of sp³-hybridized carbons (Fsp3) is 0.800. The minimum Gasteiger partial charge on any atom is -0.307 e. The maximum absolute atomic E-state index is 4.46. The van der Waals surface area contributed by atoms with Crippen molar-refractivity contribution in [3.05, 3.63) is 17.5 Å². The molecule has 1 N–H and O–H groups in total. The molecule has 0 aromatic carbocycles. The highest BCUT2D eigenvalue weighted by Gasteiger charge is 2.36. The van der Waals surface area contributed by atoms with Crippen molar-refractivity contribution in [2.45, 2.75) is 44.2 Å². The molecule has 4 unspecified atom stereocenters. The minimum absolute atomic E-state index is 0.551. The lowest BCUT2D eigenvalue weighted by Gasteiger charge is -2.35. The van der Waals surface area contributed by atoms with E-state index < -0.39 is 0 Å². The number of rotatable bonds is 2. The van der Waals surface area contributed by atoms with Crippen LogP contribution in [0.2, 0.25) is 0 Å². The molecule has 0 spiro atoms. The summed E-state index contributed by atoms with van der Waals surface area (Å²) >= 11 is 0. The molecule has 0 amide bonds. The van der Waals surface area contributed by atoms with E-state index in [0.717, 1.165) is 12.0 Å². The molecule has 4 rings (SSSR count). The van der Waals surface area contributed by atoms with Crippen LogP contribution in [-0.2, 0) is 13.5 Å². The monoisotopic (exact) mass is 260 g/mol. The van der Waals surface area contributed by atoms with Gasteiger partial charge >= 0.3 is 0 Å². The highest BCUT2D eigenvalue weighted by molar-refractivity contribution is 5.25. The number of hydrogen-bond donors (Lipinski definition) is 1. The van der Waals surface area contributed by atoms with Crippen LogP contribution in [0.15, 0.2) is 6.20 Å². The van der Waals surface area contributed by atoms with Crippen LogP contribution >= 0.6 is 0 Å². The molecule has 2 bridgehead atoms. The Morgan fingerprint density at radius 2 is 2.16 bits per heavy atom. The van der Waals surface area contributed by atoms with E-state index in [9.17, 15) is 0 Å². The fourth-order valence-electron chi connectivity index (χ4n) is 4.31. The second-order valence-corrected chi connectivity index (χ2v) is 6.53. The molecule has 0 radical (unpaired) electrons. The predicted molar refractivity (Wildman–Crippen MR) is 75.0 cm³/mol. The third kappa shape index (κ3) is 2.01. The smallest absolute Gasteiger partial charge is 0.0540 e. The van der Waals surface area contributed by atoms with Crippen LogP contribution in [0.4, 0.5) is 0 Å². The number of piperidine rings is 1. The highest BCUT2D eigenvalue weighted by Crippen LogP contribution is 2.33. The van der Waals surface area contributed by atoms with Gasteiger partial charge in [0.05, 0.1) is 6.20 Å². The van der Waals surface area contributed by atoms with E-state index in [1.807, 2.05) is 0 Å². The zero-order valence-corrected chi connectivity index (χ0v) is 11.8. The number of aryl methyl sites for hydroxylation is 1. The maximum atomic E-state index is 4.46. The molecule has 1 aromatic heterocycles. The van der Waals surface area contributed by atoms with Crippen molar-refractivity contribution < 1.29 is 0 Å². The van der Waals surface area contributed by atoms with Crippen LogP contribution < -0.4 is 5.32 Å². The zero-order chi connectivity index (χ0) is 12.8. The number of nitrogens with zero attached hydrogens (tertiary/aromatic N) is 3. The first-order valence-corrected chi connectivity index (χ1v) is 7.80. The van der Waals surface area contributed by atoms with Crippen LogP contribution in [0.25, 0.3) is 0 Å². The first-order chi connectivity index (χ1) is 9.31. The average molecular weight is 260 g/mol. The van der Waals surface area contributed by atoms with Crippen molar-refractivity contribution >= 4 is 0 Å². The Labute approximate surface area is 115 Å². The SMILES string of the molecule is Cn1ncc2c1CCCC2NC1CCN2CCC1C2. The summed E-state index contributed by atoms with van der Waals surface area (Å²) in [6, 6.07) is 1.28. The number of aromatic nitrogens is 2. The first kappa shape index (κ1) is 11.9. The summed E-state index contributed by atoms with van der Waals surface area (Å²) in [4.78, 5) is 2.62. The van der Waals surface area contributed by atoms with Gasteiger partial charge in [-0.25, -0.2) is 0 Å².